The Balaban J connectivity index is 2.46. The van der Waals surface area contributed by atoms with Crippen molar-refractivity contribution in [1.82, 2.24) is 10.6 Å². The average Bonchev–Trinajstić information content (AvgIpc) is 2.75. The van der Waals surface area contributed by atoms with Gasteiger partial charge in [0.25, 0.3) is 0 Å². The molecule has 0 bridgehead atoms. The first-order valence-corrected chi connectivity index (χ1v) is 10.5. The number of ether oxygens (including phenoxy) is 2. The number of methoxy groups -OCH3 is 1. The van der Waals surface area contributed by atoms with E-state index in [-0.39, 0.29) is 5.91 Å². The standard InChI is InChI=1S/C23H35N3O5/c1-16(2)14-19(24)22(28)25-13-9-8-12-20(27)26-21(23(29)30-4)17(3)31-15-18-10-6-5-7-11-18/h5-8,10-12,16-17,19,21H,9,13-15,24H2,1-4H3,(H,25,28)(H,26,27)/b12-8+/t17-,19+,21+/m1/s1. The molecule has 2 amide bonds. The molecule has 0 unspecified atom stereocenters. The van der Waals surface area contributed by atoms with Crippen LogP contribution in [0, 0.1) is 5.92 Å². The van der Waals surface area contributed by atoms with Crippen molar-refractivity contribution in [3.63, 3.8) is 0 Å². The van der Waals surface area contributed by atoms with Gasteiger partial charge in [-0.15, -0.1) is 0 Å². The molecule has 1 rings (SSSR count). The van der Waals surface area contributed by atoms with Crippen molar-refractivity contribution >= 4 is 17.8 Å². The Bertz CT molecular complexity index is 721. The molecule has 0 aromatic heterocycles. The number of nitrogens with two attached hydrogens (primary N) is 1. The number of rotatable bonds is 13. The number of amides is 2. The van der Waals surface area contributed by atoms with Gasteiger partial charge in [0.2, 0.25) is 11.8 Å². The van der Waals surface area contributed by atoms with E-state index < -0.39 is 30.1 Å². The van der Waals surface area contributed by atoms with Crippen LogP contribution < -0.4 is 16.4 Å². The Labute approximate surface area is 184 Å². The molecule has 0 radical (unpaired) electrons. The quantitative estimate of drug-likeness (QED) is 0.247. The summed E-state index contributed by atoms with van der Waals surface area (Å²) >= 11 is 0. The van der Waals surface area contributed by atoms with E-state index in [0.717, 1.165) is 5.56 Å². The third kappa shape index (κ3) is 10.8. The predicted molar refractivity (Wildman–Crippen MR) is 119 cm³/mol. The summed E-state index contributed by atoms with van der Waals surface area (Å²) in [6.07, 6.45) is 3.42. The highest BCUT2D eigenvalue weighted by molar-refractivity contribution is 5.91. The van der Waals surface area contributed by atoms with E-state index in [0.29, 0.717) is 31.9 Å². The zero-order valence-corrected chi connectivity index (χ0v) is 18.8. The van der Waals surface area contributed by atoms with Gasteiger partial charge in [0.05, 0.1) is 25.9 Å². The molecule has 0 aliphatic carbocycles. The second-order valence-corrected chi connectivity index (χ2v) is 7.73. The van der Waals surface area contributed by atoms with Crippen LogP contribution in [-0.4, -0.2) is 49.6 Å². The van der Waals surface area contributed by atoms with Crippen molar-refractivity contribution in [2.24, 2.45) is 11.7 Å². The number of carbonyl (C=O) groups is 3. The van der Waals surface area contributed by atoms with E-state index in [1.165, 1.54) is 13.2 Å². The lowest BCUT2D eigenvalue weighted by Crippen LogP contribution is -2.48. The summed E-state index contributed by atoms with van der Waals surface area (Å²) < 4.78 is 10.5. The van der Waals surface area contributed by atoms with Gasteiger partial charge in [-0.3, -0.25) is 9.59 Å². The third-order valence-electron chi connectivity index (χ3n) is 4.52. The van der Waals surface area contributed by atoms with Gasteiger partial charge in [-0.1, -0.05) is 50.3 Å². The normalized spacial score (nSPS) is 14.1. The van der Waals surface area contributed by atoms with E-state index >= 15 is 0 Å². The molecular formula is C23H35N3O5. The minimum atomic E-state index is -0.945. The van der Waals surface area contributed by atoms with Gasteiger partial charge in [0.15, 0.2) is 6.04 Å². The lowest BCUT2D eigenvalue weighted by atomic mass is 10.0. The van der Waals surface area contributed by atoms with Crippen molar-refractivity contribution in [3.8, 4) is 0 Å². The number of nitrogens with one attached hydrogen (secondary N) is 2. The molecule has 31 heavy (non-hydrogen) atoms. The summed E-state index contributed by atoms with van der Waals surface area (Å²) in [7, 11) is 1.26. The lowest BCUT2D eigenvalue weighted by Gasteiger charge is -2.22. The third-order valence-corrected chi connectivity index (χ3v) is 4.52. The summed E-state index contributed by atoms with van der Waals surface area (Å²) in [5, 5.41) is 5.35. The zero-order chi connectivity index (χ0) is 23.2. The summed E-state index contributed by atoms with van der Waals surface area (Å²) in [5.41, 5.74) is 6.78. The molecule has 8 nitrogen and oxygen atoms in total. The monoisotopic (exact) mass is 433 g/mol. The van der Waals surface area contributed by atoms with Gasteiger partial charge < -0.3 is 25.8 Å². The van der Waals surface area contributed by atoms with Crippen molar-refractivity contribution in [1.29, 1.82) is 0 Å². The molecule has 0 spiro atoms. The van der Waals surface area contributed by atoms with Crippen LogP contribution in [0.5, 0.6) is 0 Å². The smallest absolute Gasteiger partial charge is 0.331 e. The molecule has 0 saturated heterocycles. The van der Waals surface area contributed by atoms with E-state index in [1.807, 2.05) is 44.2 Å². The van der Waals surface area contributed by atoms with Crippen LogP contribution in [0.2, 0.25) is 0 Å². The van der Waals surface area contributed by atoms with Gasteiger partial charge in [-0.25, -0.2) is 4.79 Å². The van der Waals surface area contributed by atoms with E-state index in [2.05, 4.69) is 10.6 Å². The first kappa shape index (κ1) is 26.3. The highest BCUT2D eigenvalue weighted by Crippen LogP contribution is 2.08. The Hall–Kier alpha value is -2.71. The van der Waals surface area contributed by atoms with Crippen LogP contribution in [0.25, 0.3) is 0 Å². The number of benzene rings is 1. The first-order chi connectivity index (χ1) is 14.7. The maximum Gasteiger partial charge on any atom is 0.331 e. The van der Waals surface area contributed by atoms with Crippen LogP contribution in [-0.2, 0) is 30.5 Å². The second kappa shape index (κ2) is 14.3. The van der Waals surface area contributed by atoms with Gasteiger partial charge >= 0.3 is 5.97 Å². The molecule has 8 heteroatoms. The van der Waals surface area contributed by atoms with Crippen LogP contribution >= 0.6 is 0 Å². The molecule has 4 N–H and O–H groups in total. The Morgan fingerprint density at radius 2 is 1.81 bits per heavy atom. The molecular weight excluding hydrogens is 398 g/mol. The summed E-state index contributed by atoms with van der Waals surface area (Å²) in [4.78, 5) is 36.2. The largest absolute Gasteiger partial charge is 0.467 e. The zero-order valence-electron chi connectivity index (χ0n) is 18.8. The van der Waals surface area contributed by atoms with Gasteiger partial charge in [0, 0.05) is 6.54 Å². The van der Waals surface area contributed by atoms with Crippen LogP contribution in [0.3, 0.4) is 0 Å². The van der Waals surface area contributed by atoms with Crippen LogP contribution in [0.15, 0.2) is 42.5 Å². The number of hydrogen-bond donors (Lipinski definition) is 3. The van der Waals surface area contributed by atoms with Crippen LogP contribution in [0.4, 0.5) is 0 Å². The van der Waals surface area contributed by atoms with E-state index in [4.69, 9.17) is 15.2 Å². The molecule has 172 valence electrons. The van der Waals surface area contributed by atoms with Gasteiger partial charge in [-0.2, -0.15) is 0 Å². The fraction of sp³-hybridized carbons (Fsp3) is 0.522. The Kier molecular flexibility index (Phi) is 12.2. The maximum atomic E-state index is 12.2. The minimum Gasteiger partial charge on any atom is -0.467 e. The van der Waals surface area contributed by atoms with Gasteiger partial charge in [-0.05, 0) is 37.3 Å². The molecule has 3 atom stereocenters. The molecule has 0 aliphatic rings. The molecule has 1 aromatic carbocycles. The van der Waals surface area contributed by atoms with E-state index in [9.17, 15) is 14.4 Å². The SMILES string of the molecule is COC(=O)[C@@H](NC(=O)/C=C/CCNC(=O)[C@@H](N)CC(C)C)[C@@H](C)OCc1ccccc1. The predicted octanol–water partition coefficient (Wildman–Crippen LogP) is 1.69. The molecule has 0 saturated carbocycles. The second-order valence-electron chi connectivity index (χ2n) is 7.73. The van der Waals surface area contributed by atoms with Crippen molar-refractivity contribution < 1.29 is 23.9 Å². The van der Waals surface area contributed by atoms with Crippen LogP contribution in [0.1, 0.15) is 39.2 Å². The maximum absolute atomic E-state index is 12.2. The number of hydrogen-bond acceptors (Lipinski definition) is 6. The minimum absolute atomic E-state index is 0.207. The van der Waals surface area contributed by atoms with E-state index in [1.54, 1.807) is 13.0 Å². The summed E-state index contributed by atoms with van der Waals surface area (Å²) in [5.74, 6) is -0.907. The lowest BCUT2D eigenvalue weighted by molar-refractivity contribution is -0.149. The average molecular weight is 434 g/mol. The summed E-state index contributed by atoms with van der Waals surface area (Å²) in [6, 6.07) is 8.04. The molecule has 0 heterocycles. The highest BCUT2D eigenvalue weighted by atomic mass is 16.5. The summed E-state index contributed by atoms with van der Waals surface area (Å²) in [6.45, 7) is 6.38. The van der Waals surface area contributed by atoms with Crippen molar-refractivity contribution in [3.05, 3.63) is 48.0 Å². The molecule has 0 aliphatic heterocycles. The van der Waals surface area contributed by atoms with Crippen molar-refractivity contribution in [2.75, 3.05) is 13.7 Å². The fourth-order valence-corrected chi connectivity index (χ4v) is 2.81. The number of esters is 1. The Morgan fingerprint density at radius 1 is 1.13 bits per heavy atom. The van der Waals surface area contributed by atoms with Crippen molar-refractivity contribution in [2.45, 2.75) is 58.4 Å². The molecule has 1 aromatic rings. The topological polar surface area (TPSA) is 120 Å². The highest BCUT2D eigenvalue weighted by Gasteiger charge is 2.28. The Morgan fingerprint density at radius 3 is 2.42 bits per heavy atom. The molecule has 0 fully saturated rings. The number of carbonyl (C=O) groups excluding carboxylic acids is 3. The van der Waals surface area contributed by atoms with Gasteiger partial charge in [0.1, 0.15) is 0 Å². The fourth-order valence-electron chi connectivity index (χ4n) is 2.81. The first-order valence-electron chi connectivity index (χ1n) is 10.5.